The molecule has 1 N–H and O–H groups in total. The number of methoxy groups -OCH3 is 1. The molecular weight excluding hydrogens is 240 g/mol. The highest BCUT2D eigenvalue weighted by atomic mass is 32.2. The molecule has 0 bridgehead atoms. The molecule has 17 heavy (non-hydrogen) atoms. The van der Waals surface area contributed by atoms with E-state index in [4.69, 9.17) is 4.74 Å². The van der Waals surface area contributed by atoms with Crippen molar-refractivity contribution in [3.8, 4) is 5.88 Å². The van der Waals surface area contributed by atoms with Gasteiger partial charge in [0, 0.05) is 36.0 Å². The van der Waals surface area contributed by atoms with E-state index in [-0.39, 0.29) is 0 Å². The van der Waals surface area contributed by atoms with Crippen molar-refractivity contribution in [1.82, 2.24) is 4.98 Å². The van der Waals surface area contributed by atoms with Gasteiger partial charge in [0.05, 0.1) is 7.11 Å². The summed E-state index contributed by atoms with van der Waals surface area (Å²) in [5, 5.41) is 9.19. The van der Waals surface area contributed by atoms with Crippen molar-refractivity contribution in [3.63, 3.8) is 0 Å². The van der Waals surface area contributed by atoms with Crippen molar-refractivity contribution in [2.75, 3.05) is 30.1 Å². The van der Waals surface area contributed by atoms with Crippen molar-refractivity contribution in [2.24, 2.45) is 0 Å². The number of carboxylic acids is 1. The van der Waals surface area contributed by atoms with Crippen LogP contribution in [0.4, 0.5) is 5.69 Å². The van der Waals surface area contributed by atoms with E-state index in [0.717, 1.165) is 18.0 Å². The fourth-order valence-corrected chi connectivity index (χ4v) is 2.84. The summed E-state index contributed by atoms with van der Waals surface area (Å²) in [7, 11) is 1.55. The van der Waals surface area contributed by atoms with Crippen LogP contribution in [-0.4, -0.2) is 47.3 Å². The second kappa shape index (κ2) is 5.27. The second-order valence-corrected chi connectivity index (χ2v) is 4.83. The summed E-state index contributed by atoms with van der Waals surface area (Å²) in [5.41, 5.74) is 0.851. The third kappa shape index (κ3) is 2.63. The highest BCUT2D eigenvalue weighted by Crippen LogP contribution is 2.26. The van der Waals surface area contributed by atoms with Crippen molar-refractivity contribution in [1.29, 1.82) is 0 Å². The quantitative estimate of drug-likeness (QED) is 0.871. The van der Waals surface area contributed by atoms with Crippen LogP contribution in [0, 0.1) is 0 Å². The van der Waals surface area contributed by atoms with E-state index in [2.05, 4.69) is 4.98 Å². The number of aliphatic carboxylic acids is 1. The number of nitrogens with zero attached hydrogens (tertiary/aromatic N) is 2. The Morgan fingerprint density at radius 3 is 3.24 bits per heavy atom. The summed E-state index contributed by atoms with van der Waals surface area (Å²) >= 11 is 1.67. The lowest BCUT2D eigenvalue weighted by Crippen LogP contribution is -2.47. The summed E-state index contributed by atoms with van der Waals surface area (Å²) in [5.74, 6) is 1.27. The zero-order valence-electron chi connectivity index (χ0n) is 9.50. The van der Waals surface area contributed by atoms with Gasteiger partial charge < -0.3 is 14.7 Å². The Bertz CT molecular complexity index is 413. The van der Waals surface area contributed by atoms with Crippen LogP contribution >= 0.6 is 11.8 Å². The van der Waals surface area contributed by atoms with Crippen LogP contribution in [0.15, 0.2) is 18.3 Å². The number of ether oxygens (including phenoxy) is 1. The first-order valence-electron chi connectivity index (χ1n) is 5.29. The Morgan fingerprint density at radius 1 is 1.71 bits per heavy atom. The predicted molar refractivity (Wildman–Crippen MR) is 66.9 cm³/mol. The molecule has 0 spiro atoms. The van der Waals surface area contributed by atoms with E-state index in [1.807, 2.05) is 11.0 Å². The molecule has 1 unspecified atom stereocenters. The average molecular weight is 254 g/mol. The molecule has 1 saturated heterocycles. The maximum absolute atomic E-state index is 11.2. The van der Waals surface area contributed by atoms with Gasteiger partial charge in [-0.2, -0.15) is 11.8 Å². The van der Waals surface area contributed by atoms with Crippen LogP contribution < -0.4 is 9.64 Å². The van der Waals surface area contributed by atoms with E-state index >= 15 is 0 Å². The number of carbonyl (C=O) groups is 1. The van der Waals surface area contributed by atoms with E-state index in [9.17, 15) is 9.90 Å². The molecule has 0 aliphatic carbocycles. The monoisotopic (exact) mass is 254 g/mol. The summed E-state index contributed by atoms with van der Waals surface area (Å²) < 4.78 is 5.05. The molecule has 1 atom stereocenters. The zero-order valence-corrected chi connectivity index (χ0v) is 10.3. The van der Waals surface area contributed by atoms with Gasteiger partial charge in [0.25, 0.3) is 0 Å². The molecule has 1 aliphatic rings. The van der Waals surface area contributed by atoms with Crippen molar-refractivity contribution < 1.29 is 14.6 Å². The van der Waals surface area contributed by atoms with E-state index in [1.54, 1.807) is 31.1 Å². The summed E-state index contributed by atoms with van der Waals surface area (Å²) in [4.78, 5) is 17.1. The number of pyridine rings is 1. The Kier molecular flexibility index (Phi) is 3.73. The number of anilines is 1. The van der Waals surface area contributed by atoms with Crippen LogP contribution in [0.25, 0.3) is 0 Å². The van der Waals surface area contributed by atoms with Gasteiger partial charge in [-0.25, -0.2) is 9.78 Å². The van der Waals surface area contributed by atoms with Crippen LogP contribution in [0.5, 0.6) is 5.88 Å². The molecule has 92 valence electrons. The summed E-state index contributed by atoms with van der Waals surface area (Å²) in [6.07, 6.45) is 1.63. The molecular formula is C11H14N2O3S. The lowest BCUT2D eigenvalue weighted by atomic mass is 10.2. The standard InChI is InChI=1S/C11H14N2O3S/c1-16-10-6-8(2-3-12-10)13-4-5-17-7-9(13)11(14)15/h2-3,6,9H,4-5,7H2,1H3,(H,14,15). The smallest absolute Gasteiger partial charge is 0.327 e. The van der Waals surface area contributed by atoms with Gasteiger partial charge in [0.15, 0.2) is 0 Å². The molecule has 6 heteroatoms. The van der Waals surface area contributed by atoms with E-state index < -0.39 is 12.0 Å². The topological polar surface area (TPSA) is 62.7 Å². The Hall–Kier alpha value is -1.43. The minimum absolute atomic E-state index is 0.471. The molecule has 1 fully saturated rings. The van der Waals surface area contributed by atoms with Gasteiger partial charge in [-0.15, -0.1) is 0 Å². The number of hydrogen-bond donors (Lipinski definition) is 1. The lowest BCUT2D eigenvalue weighted by molar-refractivity contribution is -0.138. The molecule has 5 nitrogen and oxygen atoms in total. The minimum atomic E-state index is -0.784. The highest BCUT2D eigenvalue weighted by molar-refractivity contribution is 7.99. The van der Waals surface area contributed by atoms with Crippen LogP contribution in [0.3, 0.4) is 0 Å². The third-order valence-corrected chi connectivity index (χ3v) is 3.70. The molecule has 2 rings (SSSR count). The first kappa shape index (κ1) is 12.0. The Labute approximate surface area is 104 Å². The van der Waals surface area contributed by atoms with E-state index in [1.165, 1.54) is 0 Å². The predicted octanol–water partition coefficient (Wildman–Crippen LogP) is 1.10. The van der Waals surface area contributed by atoms with Gasteiger partial charge in [-0.05, 0) is 6.07 Å². The van der Waals surface area contributed by atoms with Gasteiger partial charge in [-0.3, -0.25) is 0 Å². The molecule has 1 aromatic heterocycles. The number of carboxylic acid groups (broad SMARTS) is 1. The fraction of sp³-hybridized carbons (Fsp3) is 0.455. The molecule has 0 amide bonds. The summed E-state index contributed by atoms with van der Waals surface area (Å²) in [6.45, 7) is 0.731. The normalized spacial score (nSPS) is 20.1. The van der Waals surface area contributed by atoms with E-state index in [0.29, 0.717) is 11.6 Å². The molecule has 0 radical (unpaired) electrons. The van der Waals surface area contributed by atoms with Gasteiger partial charge >= 0.3 is 5.97 Å². The third-order valence-electron chi connectivity index (χ3n) is 2.67. The first-order chi connectivity index (χ1) is 8.22. The number of hydrogen-bond acceptors (Lipinski definition) is 5. The second-order valence-electron chi connectivity index (χ2n) is 3.68. The largest absolute Gasteiger partial charge is 0.481 e. The first-order valence-corrected chi connectivity index (χ1v) is 6.45. The van der Waals surface area contributed by atoms with Gasteiger partial charge in [0.2, 0.25) is 5.88 Å². The van der Waals surface area contributed by atoms with Crippen molar-refractivity contribution in [2.45, 2.75) is 6.04 Å². The van der Waals surface area contributed by atoms with Crippen molar-refractivity contribution >= 4 is 23.4 Å². The Morgan fingerprint density at radius 2 is 2.53 bits per heavy atom. The summed E-state index contributed by atoms with van der Waals surface area (Å²) in [6, 6.07) is 3.11. The molecule has 1 aliphatic heterocycles. The lowest BCUT2D eigenvalue weighted by Gasteiger charge is -2.34. The van der Waals surface area contributed by atoms with Gasteiger partial charge in [-0.1, -0.05) is 0 Å². The molecule has 1 aromatic rings. The minimum Gasteiger partial charge on any atom is -0.481 e. The average Bonchev–Trinajstić information content (AvgIpc) is 2.39. The Balaban J connectivity index is 2.26. The van der Waals surface area contributed by atoms with Crippen LogP contribution in [0.2, 0.25) is 0 Å². The van der Waals surface area contributed by atoms with Crippen molar-refractivity contribution in [3.05, 3.63) is 18.3 Å². The SMILES string of the molecule is COc1cc(N2CCSCC2C(=O)O)ccn1. The molecule has 2 heterocycles. The number of rotatable bonds is 3. The molecule has 0 aromatic carbocycles. The zero-order chi connectivity index (χ0) is 12.3. The number of thioether (sulfide) groups is 1. The fourth-order valence-electron chi connectivity index (χ4n) is 1.81. The highest BCUT2D eigenvalue weighted by Gasteiger charge is 2.29. The van der Waals surface area contributed by atoms with Crippen LogP contribution in [-0.2, 0) is 4.79 Å². The van der Waals surface area contributed by atoms with Gasteiger partial charge in [0.1, 0.15) is 6.04 Å². The molecule has 0 saturated carbocycles. The maximum Gasteiger partial charge on any atom is 0.327 e. The number of aromatic nitrogens is 1. The maximum atomic E-state index is 11.2. The van der Waals surface area contributed by atoms with Crippen LogP contribution in [0.1, 0.15) is 0 Å².